The van der Waals surface area contributed by atoms with E-state index in [1.54, 1.807) is 0 Å². The van der Waals surface area contributed by atoms with Gasteiger partial charge in [0.15, 0.2) is 0 Å². The minimum atomic E-state index is 0.0532. The Bertz CT molecular complexity index is 142. The molecule has 0 aliphatic heterocycles. The Morgan fingerprint density at radius 2 is 2.36 bits per heavy atom. The highest BCUT2D eigenvalue weighted by Crippen LogP contribution is 2.39. The second-order valence-corrected chi connectivity index (χ2v) is 4.04. The second-order valence-electron chi connectivity index (χ2n) is 4.04. The van der Waals surface area contributed by atoms with Crippen molar-refractivity contribution >= 4 is 6.29 Å². The van der Waals surface area contributed by atoms with Gasteiger partial charge in [-0.1, -0.05) is 26.7 Å². The molecule has 1 aliphatic carbocycles. The number of hydrogen-bond donors (Lipinski definition) is 0. The average Bonchev–Trinajstić information content (AvgIpc) is 2.04. The van der Waals surface area contributed by atoms with E-state index >= 15 is 0 Å². The van der Waals surface area contributed by atoms with Gasteiger partial charge in [-0.25, -0.2) is 0 Å². The van der Waals surface area contributed by atoms with Crippen LogP contribution in [0.2, 0.25) is 0 Å². The molecule has 2 unspecified atom stereocenters. The van der Waals surface area contributed by atoms with Gasteiger partial charge in [-0.2, -0.15) is 0 Å². The summed E-state index contributed by atoms with van der Waals surface area (Å²) < 4.78 is 0. The van der Waals surface area contributed by atoms with Crippen LogP contribution in [0.3, 0.4) is 0 Å². The summed E-state index contributed by atoms with van der Waals surface area (Å²) in [7, 11) is 0. The minimum Gasteiger partial charge on any atom is -0.303 e. The zero-order chi connectivity index (χ0) is 8.32. The fraction of sp³-hybridized carbons (Fsp3) is 0.900. The summed E-state index contributed by atoms with van der Waals surface area (Å²) in [5.74, 6) is 0.758. The third-order valence-corrected chi connectivity index (χ3v) is 3.08. The van der Waals surface area contributed by atoms with Crippen molar-refractivity contribution in [2.75, 3.05) is 0 Å². The van der Waals surface area contributed by atoms with Gasteiger partial charge in [0.05, 0.1) is 0 Å². The first-order valence-electron chi connectivity index (χ1n) is 4.69. The monoisotopic (exact) mass is 154 g/mol. The second kappa shape index (κ2) is 3.38. The lowest BCUT2D eigenvalue weighted by atomic mass is 9.69. The Hall–Kier alpha value is -0.330. The lowest BCUT2D eigenvalue weighted by molar-refractivity contribution is -0.118. The molecule has 2 atom stereocenters. The molecule has 1 aliphatic rings. The summed E-state index contributed by atoms with van der Waals surface area (Å²) in [6.07, 6.45) is 7.02. The third-order valence-electron chi connectivity index (χ3n) is 3.08. The highest BCUT2D eigenvalue weighted by atomic mass is 16.1. The molecule has 1 fully saturated rings. The maximum Gasteiger partial charge on any atom is 0.126 e. The predicted molar refractivity (Wildman–Crippen MR) is 46.4 cm³/mol. The highest BCUT2D eigenvalue weighted by Gasteiger charge is 2.32. The Kier molecular flexibility index (Phi) is 2.69. The number of hydrogen-bond acceptors (Lipinski definition) is 1. The fourth-order valence-electron chi connectivity index (χ4n) is 2.21. The smallest absolute Gasteiger partial charge is 0.126 e. The minimum absolute atomic E-state index is 0.0532. The molecule has 0 N–H and O–H groups in total. The predicted octanol–water partition coefficient (Wildman–Crippen LogP) is 2.79. The molecule has 0 aromatic heterocycles. The first kappa shape index (κ1) is 8.76. The molecule has 0 aromatic rings. The van der Waals surface area contributed by atoms with Gasteiger partial charge in [0.2, 0.25) is 0 Å². The molecule has 11 heavy (non-hydrogen) atoms. The molecular weight excluding hydrogens is 136 g/mol. The van der Waals surface area contributed by atoms with Crippen molar-refractivity contribution in [3.8, 4) is 0 Å². The lowest BCUT2D eigenvalue weighted by Gasteiger charge is -2.34. The van der Waals surface area contributed by atoms with Crippen molar-refractivity contribution in [1.29, 1.82) is 0 Å². The van der Waals surface area contributed by atoms with Gasteiger partial charge in [-0.3, -0.25) is 0 Å². The van der Waals surface area contributed by atoms with Crippen molar-refractivity contribution in [2.24, 2.45) is 11.3 Å². The van der Waals surface area contributed by atoms with Crippen LogP contribution in [0.4, 0.5) is 0 Å². The van der Waals surface area contributed by atoms with E-state index < -0.39 is 0 Å². The van der Waals surface area contributed by atoms with Crippen molar-refractivity contribution in [2.45, 2.75) is 46.0 Å². The number of carbonyl (C=O) groups excluding carboxylic acids is 1. The molecule has 0 spiro atoms. The Labute approximate surface area is 69.2 Å². The molecule has 0 heterocycles. The third kappa shape index (κ3) is 1.82. The van der Waals surface area contributed by atoms with Crippen LogP contribution in [0, 0.1) is 11.3 Å². The molecule has 1 nitrogen and oxygen atoms in total. The zero-order valence-corrected chi connectivity index (χ0v) is 7.60. The summed E-state index contributed by atoms with van der Waals surface area (Å²) >= 11 is 0. The van der Waals surface area contributed by atoms with E-state index in [2.05, 4.69) is 13.8 Å². The fourth-order valence-corrected chi connectivity index (χ4v) is 2.21. The molecule has 0 saturated heterocycles. The Morgan fingerprint density at radius 3 is 2.73 bits per heavy atom. The van der Waals surface area contributed by atoms with Gasteiger partial charge in [0.1, 0.15) is 6.29 Å². The normalized spacial score (nSPS) is 38.5. The topological polar surface area (TPSA) is 17.1 Å². The van der Waals surface area contributed by atoms with Crippen LogP contribution in [0.15, 0.2) is 0 Å². The van der Waals surface area contributed by atoms with Crippen LogP contribution in [0.5, 0.6) is 0 Å². The van der Waals surface area contributed by atoms with Gasteiger partial charge in [0, 0.05) is 5.41 Å². The molecule has 0 radical (unpaired) electrons. The van der Waals surface area contributed by atoms with E-state index in [-0.39, 0.29) is 5.41 Å². The van der Waals surface area contributed by atoms with E-state index in [4.69, 9.17) is 0 Å². The van der Waals surface area contributed by atoms with Crippen LogP contribution >= 0.6 is 0 Å². The molecule has 1 rings (SSSR count). The summed E-state index contributed by atoms with van der Waals surface area (Å²) in [6, 6.07) is 0. The van der Waals surface area contributed by atoms with Crippen molar-refractivity contribution < 1.29 is 4.79 Å². The standard InChI is InChI=1S/C10H18O/c1-3-10(8-11)6-4-5-9(2)7-10/h8-9H,3-7H2,1-2H3. The van der Waals surface area contributed by atoms with Crippen LogP contribution in [-0.4, -0.2) is 6.29 Å². The molecule has 0 bridgehead atoms. The first-order chi connectivity index (χ1) is 5.22. The van der Waals surface area contributed by atoms with E-state index in [9.17, 15) is 4.79 Å². The molecule has 1 saturated carbocycles. The van der Waals surface area contributed by atoms with Gasteiger partial charge >= 0.3 is 0 Å². The van der Waals surface area contributed by atoms with Crippen LogP contribution in [-0.2, 0) is 4.79 Å². The first-order valence-corrected chi connectivity index (χ1v) is 4.69. The Morgan fingerprint density at radius 1 is 1.64 bits per heavy atom. The van der Waals surface area contributed by atoms with Gasteiger partial charge in [-0.15, -0.1) is 0 Å². The molecular formula is C10H18O. The molecule has 1 heteroatoms. The SMILES string of the molecule is CCC1(C=O)CCCC(C)C1. The van der Waals surface area contributed by atoms with Gasteiger partial charge in [0.25, 0.3) is 0 Å². The van der Waals surface area contributed by atoms with Crippen molar-refractivity contribution in [1.82, 2.24) is 0 Å². The number of rotatable bonds is 2. The zero-order valence-electron chi connectivity index (χ0n) is 7.60. The quantitative estimate of drug-likeness (QED) is 0.559. The molecule has 0 aromatic carbocycles. The largest absolute Gasteiger partial charge is 0.303 e. The van der Waals surface area contributed by atoms with E-state index in [1.165, 1.54) is 19.1 Å². The molecule has 0 amide bonds. The number of carbonyl (C=O) groups is 1. The summed E-state index contributed by atoms with van der Waals surface area (Å²) in [4.78, 5) is 10.9. The summed E-state index contributed by atoms with van der Waals surface area (Å²) in [6.45, 7) is 4.39. The molecule has 64 valence electrons. The van der Waals surface area contributed by atoms with Gasteiger partial charge < -0.3 is 4.79 Å². The van der Waals surface area contributed by atoms with E-state index in [0.717, 1.165) is 25.2 Å². The summed E-state index contributed by atoms with van der Waals surface area (Å²) in [5, 5.41) is 0. The summed E-state index contributed by atoms with van der Waals surface area (Å²) in [5.41, 5.74) is 0.0532. The van der Waals surface area contributed by atoms with Crippen LogP contribution in [0.1, 0.15) is 46.0 Å². The Balaban J connectivity index is 2.59. The highest BCUT2D eigenvalue weighted by molar-refractivity contribution is 5.59. The maximum atomic E-state index is 10.9. The van der Waals surface area contributed by atoms with Crippen molar-refractivity contribution in [3.05, 3.63) is 0 Å². The van der Waals surface area contributed by atoms with Crippen molar-refractivity contribution in [3.63, 3.8) is 0 Å². The lowest BCUT2D eigenvalue weighted by Crippen LogP contribution is -2.28. The van der Waals surface area contributed by atoms with Crippen LogP contribution in [0.25, 0.3) is 0 Å². The van der Waals surface area contributed by atoms with Gasteiger partial charge in [-0.05, 0) is 25.2 Å². The maximum absolute atomic E-state index is 10.9. The van der Waals surface area contributed by atoms with E-state index in [1.807, 2.05) is 0 Å². The average molecular weight is 154 g/mol. The number of aldehydes is 1. The van der Waals surface area contributed by atoms with Crippen LogP contribution < -0.4 is 0 Å². The van der Waals surface area contributed by atoms with E-state index in [0.29, 0.717) is 0 Å².